The summed E-state index contributed by atoms with van der Waals surface area (Å²) in [6.45, 7) is 8.05. The Bertz CT molecular complexity index is 385. The van der Waals surface area contributed by atoms with Gasteiger partial charge in [0.1, 0.15) is 6.04 Å². The summed E-state index contributed by atoms with van der Waals surface area (Å²) in [6.07, 6.45) is 5.02. The number of aliphatic hydroxyl groups is 1. The fraction of sp³-hybridized carbons (Fsp3) is 0.714. The number of carbonyl (C=O) groups is 1. The molecule has 1 aromatic rings. The number of carbonyl (C=O) groups excluding carboxylic acids is 1. The van der Waals surface area contributed by atoms with Crippen LogP contribution in [-0.4, -0.2) is 32.9 Å². The van der Waals surface area contributed by atoms with Crippen molar-refractivity contribution in [2.24, 2.45) is 5.92 Å². The zero-order valence-electron chi connectivity index (χ0n) is 12.3. The van der Waals surface area contributed by atoms with Crippen LogP contribution in [0.15, 0.2) is 18.5 Å². The van der Waals surface area contributed by atoms with Crippen LogP contribution in [0.25, 0.3) is 0 Å². The van der Waals surface area contributed by atoms with Gasteiger partial charge in [-0.1, -0.05) is 13.8 Å². The molecule has 0 aromatic carbocycles. The molecule has 2 N–H and O–H groups in total. The Kier molecular flexibility index (Phi) is 5.54. The molecule has 1 heterocycles. The van der Waals surface area contributed by atoms with Crippen molar-refractivity contribution in [1.29, 1.82) is 0 Å². The van der Waals surface area contributed by atoms with Gasteiger partial charge in [0.25, 0.3) is 0 Å². The molecule has 2 atom stereocenters. The van der Waals surface area contributed by atoms with Gasteiger partial charge in [-0.2, -0.15) is 5.10 Å². The fourth-order valence-corrected chi connectivity index (χ4v) is 1.74. The lowest BCUT2D eigenvalue weighted by Crippen LogP contribution is -2.43. The summed E-state index contributed by atoms with van der Waals surface area (Å²) in [4.78, 5) is 11.9. The van der Waals surface area contributed by atoms with E-state index in [2.05, 4.69) is 24.3 Å². The normalized spacial score (nSPS) is 16.1. The van der Waals surface area contributed by atoms with Crippen LogP contribution in [-0.2, 0) is 4.79 Å². The van der Waals surface area contributed by atoms with Gasteiger partial charge in [-0.05, 0) is 38.7 Å². The molecule has 0 bridgehead atoms. The van der Waals surface area contributed by atoms with Crippen molar-refractivity contribution in [1.82, 2.24) is 15.1 Å². The topological polar surface area (TPSA) is 67.2 Å². The first-order valence-electron chi connectivity index (χ1n) is 6.81. The minimum atomic E-state index is -0.857. The number of nitrogens with one attached hydrogen (secondary N) is 1. The zero-order valence-corrected chi connectivity index (χ0v) is 12.3. The molecule has 108 valence electrons. The SMILES string of the molecule is CC(C)CC[C@@](C)(O)CNC(=O)[C@@H](C)n1cccn1. The molecule has 0 aliphatic heterocycles. The van der Waals surface area contributed by atoms with Crippen molar-refractivity contribution in [3.63, 3.8) is 0 Å². The van der Waals surface area contributed by atoms with E-state index in [0.29, 0.717) is 12.3 Å². The molecule has 19 heavy (non-hydrogen) atoms. The van der Waals surface area contributed by atoms with Gasteiger partial charge in [0.2, 0.25) is 5.91 Å². The summed E-state index contributed by atoms with van der Waals surface area (Å²) < 4.78 is 1.60. The number of aromatic nitrogens is 2. The fourth-order valence-electron chi connectivity index (χ4n) is 1.74. The van der Waals surface area contributed by atoms with Crippen LogP contribution in [0.2, 0.25) is 0 Å². The first-order valence-corrected chi connectivity index (χ1v) is 6.81. The molecule has 0 saturated heterocycles. The summed E-state index contributed by atoms with van der Waals surface area (Å²) >= 11 is 0. The Hall–Kier alpha value is -1.36. The second kappa shape index (κ2) is 6.70. The van der Waals surface area contributed by atoms with Gasteiger partial charge >= 0.3 is 0 Å². The highest BCUT2D eigenvalue weighted by Crippen LogP contribution is 2.15. The highest BCUT2D eigenvalue weighted by molar-refractivity contribution is 5.79. The van der Waals surface area contributed by atoms with Crippen LogP contribution in [0.1, 0.15) is 46.6 Å². The maximum atomic E-state index is 11.9. The van der Waals surface area contributed by atoms with Gasteiger partial charge in [0.05, 0.1) is 5.60 Å². The molecule has 0 spiro atoms. The third kappa shape index (κ3) is 5.42. The quantitative estimate of drug-likeness (QED) is 0.791. The minimum absolute atomic E-state index is 0.131. The molecule has 0 aliphatic carbocycles. The van der Waals surface area contributed by atoms with Crippen molar-refractivity contribution in [2.75, 3.05) is 6.54 Å². The summed E-state index contributed by atoms with van der Waals surface area (Å²) in [5.74, 6) is 0.415. The van der Waals surface area contributed by atoms with E-state index in [-0.39, 0.29) is 18.5 Å². The van der Waals surface area contributed by atoms with E-state index in [1.807, 2.05) is 0 Å². The largest absolute Gasteiger partial charge is 0.388 e. The van der Waals surface area contributed by atoms with Crippen LogP contribution in [0, 0.1) is 5.92 Å². The molecule has 0 aliphatic rings. The third-order valence-electron chi connectivity index (χ3n) is 3.20. The Morgan fingerprint density at radius 3 is 2.68 bits per heavy atom. The predicted octanol–water partition coefficient (Wildman–Crippen LogP) is 1.75. The lowest BCUT2D eigenvalue weighted by molar-refractivity contribution is -0.125. The minimum Gasteiger partial charge on any atom is -0.388 e. The molecule has 0 saturated carbocycles. The number of rotatable bonds is 7. The molecule has 5 nitrogen and oxygen atoms in total. The molecule has 0 unspecified atom stereocenters. The van der Waals surface area contributed by atoms with E-state index in [1.54, 1.807) is 37.0 Å². The summed E-state index contributed by atoms with van der Waals surface area (Å²) in [5, 5.41) is 17.0. The first kappa shape index (κ1) is 15.7. The standard InChI is InChI=1S/C14H25N3O2/c1-11(2)6-7-14(4,19)10-15-13(18)12(3)17-9-5-8-16-17/h5,8-9,11-12,19H,6-7,10H2,1-4H3,(H,15,18)/t12-,14-/m1/s1. The maximum Gasteiger partial charge on any atom is 0.244 e. The van der Waals surface area contributed by atoms with E-state index < -0.39 is 5.60 Å². The highest BCUT2D eigenvalue weighted by atomic mass is 16.3. The number of hydrogen-bond donors (Lipinski definition) is 2. The Morgan fingerprint density at radius 1 is 1.47 bits per heavy atom. The van der Waals surface area contributed by atoms with Crippen LogP contribution < -0.4 is 5.32 Å². The summed E-state index contributed by atoms with van der Waals surface area (Å²) in [7, 11) is 0. The highest BCUT2D eigenvalue weighted by Gasteiger charge is 2.23. The van der Waals surface area contributed by atoms with E-state index in [4.69, 9.17) is 0 Å². The summed E-state index contributed by atoms with van der Waals surface area (Å²) in [6, 6.07) is 1.42. The van der Waals surface area contributed by atoms with Crippen molar-refractivity contribution in [3.8, 4) is 0 Å². The molecule has 1 amide bonds. The molecule has 5 heteroatoms. The van der Waals surface area contributed by atoms with Crippen LogP contribution in [0.4, 0.5) is 0 Å². The molecule has 1 aromatic heterocycles. The molecule has 0 radical (unpaired) electrons. The van der Waals surface area contributed by atoms with Gasteiger partial charge in [-0.25, -0.2) is 0 Å². The van der Waals surface area contributed by atoms with Gasteiger partial charge < -0.3 is 10.4 Å². The number of nitrogens with zero attached hydrogens (tertiary/aromatic N) is 2. The number of amides is 1. The lowest BCUT2D eigenvalue weighted by Gasteiger charge is -2.25. The average Bonchev–Trinajstić information content (AvgIpc) is 2.86. The number of hydrogen-bond acceptors (Lipinski definition) is 3. The van der Waals surface area contributed by atoms with E-state index in [1.165, 1.54) is 0 Å². The third-order valence-corrected chi connectivity index (χ3v) is 3.20. The Morgan fingerprint density at radius 2 is 2.16 bits per heavy atom. The van der Waals surface area contributed by atoms with Crippen LogP contribution >= 0.6 is 0 Å². The van der Waals surface area contributed by atoms with Gasteiger partial charge in [-0.15, -0.1) is 0 Å². The van der Waals surface area contributed by atoms with Crippen molar-refractivity contribution in [2.45, 2.75) is 52.2 Å². The van der Waals surface area contributed by atoms with Crippen molar-refractivity contribution >= 4 is 5.91 Å². The van der Waals surface area contributed by atoms with Gasteiger partial charge in [0, 0.05) is 18.9 Å². The van der Waals surface area contributed by atoms with Crippen molar-refractivity contribution in [3.05, 3.63) is 18.5 Å². The monoisotopic (exact) mass is 267 g/mol. The molecule has 1 rings (SSSR count). The van der Waals surface area contributed by atoms with Crippen LogP contribution in [0.3, 0.4) is 0 Å². The van der Waals surface area contributed by atoms with E-state index in [0.717, 1.165) is 6.42 Å². The Labute approximate surface area is 115 Å². The smallest absolute Gasteiger partial charge is 0.244 e. The first-order chi connectivity index (χ1) is 8.82. The van der Waals surface area contributed by atoms with Crippen LogP contribution in [0.5, 0.6) is 0 Å². The maximum absolute atomic E-state index is 11.9. The molecular formula is C14H25N3O2. The molecule has 0 fully saturated rings. The second-order valence-electron chi connectivity index (χ2n) is 5.81. The Balaban J connectivity index is 2.41. The van der Waals surface area contributed by atoms with E-state index in [9.17, 15) is 9.90 Å². The molecular weight excluding hydrogens is 242 g/mol. The zero-order chi connectivity index (χ0) is 14.5. The van der Waals surface area contributed by atoms with Gasteiger partial charge in [-0.3, -0.25) is 9.48 Å². The predicted molar refractivity (Wildman–Crippen MR) is 74.6 cm³/mol. The van der Waals surface area contributed by atoms with Gasteiger partial charge in [0.15, 0.2) is 0 Å². The van der Waals surface area contributed by atoms with E-state index >= 15 is 0 Å². The summed E-state index contributed by atoms with van der Waals surface area (Å²) in [5.41, 5.74) is -0.857. The lowest BCUT2D eigenvalue weighted by atomic mass is 9.95. The second-order valence-corrected chi connectivity index (χ2v) is 5.81. The average molecular weight is 267 g/mol. The van der Waals surface area contributed by atoms with Crippen molar-refractivity contribution < 1.29 is 9.90 Å².